The third-order valence-corrected chi connectivity index (χ3v) is 3.75. The van der Waals surface area contributed by atoms with Crippen molar-refractivity contribution in [2.75, 3.05) is 33.2 Å². The molecule has 0 rings (SSSR count). The summed E-state index contributed by atoms with van der Waals surface area (Å²) in [6.45, 7) is 7.11. The van der Waals surface area contributed by atoms with Crippen molar-refractivity contribution < 1.29 is 19.0 Å². The number of thiol groups is 1. The lowest BCUT2D eigenvalue weighted by molar-refractivity contribution is -0.115. The Morgan fingerprint density at radius 3 is 2.37 bits per heavy atom. The molecule has 0 saturated carbocycles. The molecule has 0 aliphatic heterocycles. The Morgan fingerprint density at radius 2 is 1.84 bits per heavy atom. The monoisotopic (exact) mass is 310 g/mol. The van der Waals surface area contributed by atoms with Gasteiger partial charge in [-0.2, -0.15) is 0 Å². The van der Waals surface area contributed by atoms with Gasteiger partial charge < -0.3 is 14.2 Å². The van der Waals surface area contributed by atoms with Gasteiger partial charge in [0.05, 0.1) is 18.8 Å². The largest absolute Gasteiger partial charge is 0.379 e. The van der Waals surface area contributed by atoms with Crippen molar-refractivity contribution >= 4 is 29.5 Å². The van der Waals surface area contributed by atoms with Gasteiger partial charge in [0, 0.05) is 13.5 Å². The van der Waals surface area contributed by atoms with Crippen LogP contribution in [-0.2, 0) is 19.0 Å². The molecule has 0 bridgehead atoms. The van der Waals surface area contributed by atoms with Gasteiger partial charge in [-0.3, -0.25) is 4.79 Å². The standard InChI is InChI=1S/C13H26O4S2/c1-12(2,15-4)6-9-17-13(3,18)7-8-16-10-11(14)19-5/h18H,6-10H2,1-5H3. The number of carbonyl (C=O) groups excluding carboxylic acids is 1. The van der Waals surface area contributed by atoms with E-state index in [0.717, 1.165) is 6.42 Å². The molecule has 0 radical (unpaired) electrons. The van der Waals surface area contributed by atoms with E-state index in [1.165, 1.54) is 11.8 Å². The molecular weight excluding hydrogens is 284 g/mol. The first-order chi connectivity index (χ1) is 8.72. The molecule has 0 N–H and O–H groups in total. The van der Waals surface area contributed by atoms with Crippen LogP contribution in [0.3, 0.4) is 0 Å². The highest BCUT2D eigenvalue weighted by Crippen LogP contribution is 2.22. The minimum Gasteiger partial charge on any atom is -0.379 e. The summed E-state index contributed by atoms with van der Waals surface area (Å²) < 4.78 is 16.3. The van der Waals surface area contributed by atoms with Gasteiger partial charge in [0.25, 0.3) is 0 Å². The number of hydrogen-bond acceptors (Lipinski definition) is 6. The average Bonchev–Trinajstić information content (AvgIpc) is 2.33. The molecule has 0 saturated heterocycles. The van der Waals surface area contributed by atoms with Gasteiger partial charge in [0.1, 0.15) is 11.5 Å². The van der Waals surface area contributed by atoms with E-state index in [9.17, 15) is 4.79 Å². The fourth-order valence-corrected chi connectivity index (χ4v) is 1.55. The molecule has 19 heavy (non-hydrogen) atoms. The second-order valence-electron chi connectivity index (χ2n) is 5.12. The highest BCUT2D eigenvalue weighted by molar-refractivity contribution is 8.13. The lowest BCUT2D eigenvalue weighted by atomic mass is 10.1. The molecule has 0 aliphatic carbocycles. The zero-order valence-electron chi connectivity index (χ0n) is 12.5. The number of rotatable bonds is 10. The first-order valence-electron chi connectivity index (χ1n) is 6.28. The number of carbonyl (C=O) groups is 1. The smallest absolute Gasteiger partial charge is 0.214 e. The second kappa shape index (κ2) is 9.23. The van der Waals surface area contributed by atoms with Gasteiger partial charge >= 0.3 is 0 Å². The van der Waals surface area contributed by atoms with Crippen LogP contribution in [0.15, 0.2) is 0 Å². The lowest BCUT2D eigenvalue weighted by Crippen LogP contribution is -2.29. The zero-order chi connectivity index (χ0) is 14.9. The lowest BCUT2D eigenvalue weighted by Gasteiger charge is -2.28. The fraction of sp³-hybridized carbons (Fsp3) is 0.923. The Hall–Kier alpha value is 0.250. The molecule has 0 aromatic heterocycles. The van der Waals surface area contributed by atoms with Crippen molar-refractivity contribution in [3.05, 3.63) is 0 Å². The van der Waals surface area contributed by atoms with Crippen LogP contribution in [0.25, 0.3) is 0 Å². The van der Waals surface area contributed by atoms with E-state index in [1.54, 1.807) is 13.4 Å². The zero-order valence-corrected chi connectivity index (χ0v) is 14.2. The summed E-state index contributed by atoms with van der Waals surface area (Å²) in [7, 11) is 1.69. The predicted octanol–water partition coefficient (Wildman–Crippen LogP) is 2.76. The Kier molecular flexibility index (Phi) is 9.36. The van der Waals surface area contributed by atoms with Crippen molar-refractivity contribution in [1.82, 2.24) is 0 Å². The minimum atomic E-state index is -0.549. The number of methoxy groups -OCH3 is 1. The summed E-state index contributed by atoms with van der Waals surface area (Å²) in [6, 6.07) is 0. The molecule has 0 aromatic carbocycles. The third kappa shape index (κ3) is 10.7. The van der Waals surface area contributed by atoms with E-state index in [1.807, 2.05) is 20.8 Å². The third-order valence-electron chi connectivity index (χ3n) is 2.83. The van der Waals surface area contributed by atoms with Crippen molar-refractivity contribution in [2.24, 2.45) is 0 Å². The van der Waals surface area contributed by atoms with E-state index >= 15 is 0 Å². The van der Waals surface area contributed by atoms with Gasteiger partial charge in [-0.1, -0.05) is 11.8 Å². The van der Waals surface area contributed by atoms with Crippen LogP contribution >= 0.6 is 24.4 Å². The molecule has 0 amide bonds. The predicted molar refractivity (Wildman–Crippen MR) is 83.0 cm³/mol. The molecule has 0 spiro atoms. The van der Waals surface area contributed by atoms with Crippen LogP contribution in [-0.4, -0.2) is 48.8 Å². The van der Waals surface area contributed by atoms with Crippen LogP contribution < -0.4 is 0 Å². The summed E-state index contributed by atoms with van der Waals surface area (Å²) >= 11 is 5.63. The molecule has 0 aliphatic rings. The Bertz CT molecular complexity index is 267. The molecule has 0 aromatic rings. The molecule has 114 valence electrons. The maximum Gasteiger partial charge on any atom is 0.214 e. The van der Waals surface area contributed by atoms with E-state index in [2.05, 4.69) is 12.6 Å². The number of hydrogen-bond donors (Lipinski definition) is 1. The fourth-order valence-electron chi connectivity index (χ4n) is 1.17. The van der Waals surface area contributed by atoms with Crippen LogP contribution in [0.1, 0.15) is 33.6 Å². The van der Waals surface area contributed by atoms with E-state index in [-0.39, 0.29) is 17.3 Å². The van der Waals surface area contributed by atoms with Gasteiger partial charge in [-0.05, 0) is 33.4 Å². The summed E-state index contributed by atoms with van der Waals surface area (Å²) in [6.07, 6.45) is 3.17. The van der Waals surface area contributed by atoms with Gasteiger partial charge in [0.15, 0.2) is 0 Å². The Balaban J connectivity index is 3.77. The normalized spacial score (nSPS) is 15.3. The summed E-state index contributed by atoms with van der Waals surface area (Å²) in [5, 5.41) is 0.0311. The average molecular weight is 310 g/mol. The van der Waals surface area contributed by atoms with Gasteiger partial charge in [-0.15, -0.1) is 12.6 Å². The van der Waals surface area contributed by atoms with Crippen LogP contribution in [0.2, 0.25) is 0 Å². The van der Waals surface area contributed by atoms with Crippen molar-refractivity contribution in [3.8, 4) is 0 Å². The van der Waals surface area contributed by atoms with Crippen LogP contribution in [0.5, 0.6) is 0 Å². The highest BCUT2D eigenvalue weighted by Gasteiger charge is 2.22. The first-order valence-corrected chi connectivity index (χ1v) is 7.96. The van der Waals surface area contributed by atoms with E-state index in [0.29, 0.717) is 19.6 Å². The summed E-state index contributed by atoms with van der Waals surface area (Å²) in [4.78, 5) is 10.5. The quantitative estimate of drug-likeness (QED) is 0.382. The van der Waals surface area contributed by atoms with E-state index in [4.69, 9.17) is 14.2 Å². The maximum absolute atomic E-state index is 11.0. The maximum atomic E-state index is 11.0. The number of thioether (sulfide) groups is 1. The molecule has 4 nitrogen and oxygen atoms in total. The molecule has 0 heterocycles. The van der Waals surface area contributed by atoms with Gasteiger partial charge in [-0.25, -0.2) is 0 Å². The summed E-state index contributed by atoms with van der Waals surface area (Å²) in [5.74, 6) is 0. The Morgan fingerprint density at radius 1 is 1.21 bits per heavy atom. The second-order valence-corrected chi connectivity index (χ2v) is 6.93. The highest BCUT2D eigenvalue weighted by atomic mass is 32.2. The number of ether oxygens (including phenoxy) is 3. The van der Waals surface area contributed by atoms with Crippen LogP contribution in [0, 0.1) is 0 Å². The van der Waals surface area contributed by atoms with Crippen molar-refractivity contribution in [3.63, 3.8) is 0 Å². The molecule has 1 atom stereocenters. The Labute approximate surface area is 126 Å². The molecule has 6 heteroatoms. The first kappa shape index (κ1) is 19.2. The van der Waals surface area contributed by atoms with Crippen LogP contribution in [0.4, 0.5) is 0 Å². The summed E-state index contributed by atoms with van der Waals surface area (Å²) in [5.41, 5.74) is -0.189. The van der Waals surface area contributed by atoms with Crippen molar-refractivity contribution in [2.45, 2.75) is 44.1 Å². The van der Waals surface area contributed by atoms with E-state index < -0.39 is 4.93 Å². The molecule has 0 fully saturated rings. The molecular formula is C13H26O4S2. The van der Waals surface area contributed by atoms with Gasteiger partial charge in [0.2, 0.25) is 5.12 Å². The molecule has 1 unspecified atom stereocenters. The SMILES string of the molecule is COC(C)(C)CCOC(C)(S)CCOCC(=O)SC. The topological polar surface area (TPSA) is 44.8 Å². The minimum absolute atomic E-state index is 0.0311. The van der Waals surface area contributed by atoms with Crippen molar-refractivity contribution in [1.29, 1.82) is 0 Å².